The standard InChI is InChI=1S/C24H30O3S/c25-21-16-22(17-9-3-1-4-10-17)27-24(26)20(21)15-23(18-11-7-8-12-18)28-19-13-5-2-6-14-19/h1,3-4,9-10,16,18-19,23,25H,2,5-8,11-15H2. The molecule has 0 aliphatic heterocycles. The Kier molecular flexibility index (Phi) is 6.46. The van der Waals surface area contributed by atoms with Crippen molar-refractivity contribution in [2.45, 2.75) is 74.7 Å². The van der Waals surface area contributed by atoms with E-state index in [0.717, 1.165) is 5.56 Å². The van der Waals surface area contributed by atoms with Gasteiger partial charge in [-0.3, -0.25) is 0 Å². The van der Waals surface area contributed by atoms with Crippen molar-refractivity contribution < 1.29 is 9.52 Å². The molecule has 2 fully saturated rings. The fourth-order valence-electron chi connectivity index (χ4n) is 4.74. The van der Waals surface area contributed by atoms with Crippen molar-refractivity contribution in [3.8, 4) is 17.1 Å². The molecule has 2 aromatic rings. The zero-order valence-corrected chi connectivity index (χ0v) is 17.3. The monoisotopic (exact) mass is 398 g/mol. The van der Waals surface area contributed by atoms with E-state index < -0.39 is 0 Å². The fraction of sp³-hybridized carbons (Fsp3) is 0.542. The molecular formula is C24H30O3S. The van der Waals surface area contributed by atoms with Crippen LogP contribution < -0.4 is 5.63 Å². The highest BCUT2D eigenvalue weighted by Crippen LogP contribution is 2.41. The lowest BCUT2D eigenvalue weighted by atomic mass is 9.97. The van der Waals surface area contributed by atoms with E-state index in [-0.39, 0.29) is 11.4 Å². The van der Waals surface area contributed by atoms with Crippen LogP contribution in [0.3, 0.4) is 0 Å². The number of rotatable bonds is 6. The molecule has 3 nitrogen and oxygen atoms in total. The molecule has 28 heavy (non-hydrogen) atoms. The first-order valence-electron chi connectivity index (χ1n) is 10.8. The third-order valence-electron chi connectivity index (χ3n) is 6.33. The molecule has 0 saturated heterocycles. The number of thioether (sulfide) groups is 1. The zero-order valence-electron chi connectivity index (χ0n) is 16.4. The Morgan fingerprint density at radius 3 is 2.36 bits per heavy atom. The van der Waals surface area contributed by atoms with Gasteiger partial charge in [0.1, 0.15) is 11.5 Å². The molecule has 0 radical (unpaired) electrons. The van der Waals surface area contributed by atoms with Gasteiger partial charge in [0.15, 0.2) is 0 Å². The molecule has 1 unspecified atom stereocenters. The quantitative estimate of drug-likeness (QED) is 0.631. The number of hydrogen-bond acceptors (Lipinski definition) is 4. The minimum absolute atomic E-state index is 0.0855. The van der Waals surface area contributed by atoms with Gasteiger partial charge in [0.25, 0.3) is 0 Å². The second kappa shape index (κ2) is 9.21. The molecule has 0 bridgehead atoms. The lowest BCUT2D eigenvalue weighted by Crippen LogP contribution is -2.25. The lowest BCUT2D eigenvalue weighted by Gasteiger charge is -2.29. The summed E-state index contributed by atoms with van der Waals surface area (Å²) in [5.74, 6) is 1.17. The summed E-state index contributed by atoms with van der Waals surface area (Å²) in [6.45, 7) is 0. The van der Waals surface area contributed by atoms with E-state index in [1.807, 2.05) is 30.3 Å². The van der Waals surface area contributed by atoms with Gasteiger partial charge in [-0.2, -0.15) is 11.8 Å². The number of aromatic hydroxyl groups is 1. The topological polar surface area (TPSA) is 50.4 Å². The molecule has 1 atom stereocenters. The van der Waals surface area contributed by atoms with Crippen molar-refractivity contribution in [1.29, 1.82) is 0 Å². The second-order valence-electron chi connectivity index (χ2n) is 8.31. The second-order valence-corrected chi connectivity index (χ2v) is 9.86. The molecule has 2 aliphatic carbocycles. The Morgan fingerprint density at radius 2 is 1.68 bits per heavy atom. The molecule has 1 aromatic carbocycles. The van der Waals surface area contributed by atoms with E-state index in [1.54, 1.807) is 6.07 Å². The summed E-state index contributed by atoms with van der Waals surface area (Å²) < 4.78 is 5.60. The SMILES string of the molecule is O=c1oc(-c2ccccc2)cc(O)c1CC(SC1CCCCC1)C1CCCC1. The van der Waals surface area contributed by atoms with Crippen molar-refractivity contribution in [3.05, 3.63) is 52.4 Å². The Labute approximate surface area is 171 Å². The maximum absolute atomic E-state index is 12.7. The van der Waals surface area contributed by atoms with E-state index in [1.165, 1.54) is 57.8 Å². The van der Waals surface area contributed by atoms with Gasteiger partial charge in [-0.05, 0) is 38.0 Å². The minimum atomic E-state index is -0.383. The van der Waals surface area contributed by atoms with Crippen LogP contribution in [0.5, 0.6) is 5.75 Å². The molecule has 0 spiro atoms. The normalized spacial score (nSPS) is 19.7. The Morgan fingerprint density at radius 1 is 1.00 bits per heavy atom. The van der Waals surface area contributed by atoms with Crippen molar-refractivity contribution in [2.75, 3.05) is 0 Å². The molecule has 1 aromatic heterocycles. The van der Waals surface area contributed by atoms with Gasteiger partial charge in [0.05, 0.1) is 5.56 Å². The van der Waals surface area contributed by atoms with Crippen molar-refractivity contribution in [2.24, 2.45) is 5.92 Å². The smallest absolute Gasteiger partial charge is 0.343 e. The summed E-state index contributed by atoms with van der Waals surface area (Å²) in [6, 6.07) is 11.1. The van der Waals surface area contributed by atoms with E-state index in [2.05, 4.69) is 11.8 Å². The van der Waals surface area contributed by atoms with E-state index >= 15 is 0 Å². The van der Waals surface area contributed by atoms with Crippen molar-refractivity contribution in [3.63, 3.8) is 0 Å². The highest BCUT2D eigenvalue weighted by molar-refractivity contribution is 8.00. The summed E-state index contributed by atoms with van der Waals surface area (Å²) in [6.07, 6.45) is 12.3. The molecule has 4 rings (SSSR count). The number of benzene rings is 1. The molecule has 1 N–H and O–H groups in total. The van der Waals surface area contributed by atoms with Gasteiger partial charge >= 0.3 is 5.63 Å². The molecule has 1 heterocycles. The molecule has 150 valence electrons. The van der Waals surface area contributed by atoms with E-state index in [0.29, 0.717) is 34.2 Å². The van der Waals surface area contributed by atoms with Crippen LogP contribution in [0.25, 0.3) is 11.3 Å². The van der Waals surface area contributed by atoms with Crippen LogP contribution in [0, 0.1) is 5.92 Å². The van der Waals surface area contributed by atoms with E-state index in [4.69, 9.17) is 4.42 Å². The predicted octanol–water partition coefficient (Wildman–Crippen LogP) is 6.18. The summed E-state index contributed by atoms with van der Waals surface area (Å²) in [5.41, 5.74) is 0.886. The first-order valence-corrected chi connectivity index (χ1v) is 11.7. The Balaban J connectivity index is 1.56. The summed E-state index contributed by atoms with van der Waals surface area (Å²) in [4.78, 5) is 12.7. The van der Waals surface area contributed by atoms with Gasteiger partial charge in [-0.1, -0.05) is 62.4 Å². The van der Waals surface area contributed by atoms with Crippen LogP contribution in [-0.4, -0.2) is 15.6 Å². The predicted molar refractivity (Wildman–Crippen MR) is 116 cm³/mol. The first-order chi connectivity index (χ1) is 13.7. The average molecular weight is 399 g/mol. The van der Waals surface area contributed by atoms with E-state index in [9.17, 15) is 9.90 Å². The fourth-order valence-corrected chi connectivity index (χ4v) is 6.60. The summed E-state index contributed by atoms with van der Waals surface area (Å²) in [7, 11) is 0. The molecule has 2 saturated carbocycles. The van der Waals surface area contributed by atoms with Gasteiger partial charge in [-0.25, -0.2) is 4.79 Å². The van der Waals surface area contributed by atoms with Gasteiger partial charge < -0.3 is 9.52 Å². The molecule has 0 amide bonds. The summed E-state index contributed by atoms with van der Waals surface area (Å²) >= 11 is 2.08. The van der Waals surface area contributed by atoms with Crippen LogP contribution in [-0.2, 0) is 6.42 Å². The molecule has 4 heteroatoms. The molecule has 2 aliphatic rings. The Hall–Kier alpha value is -1.68. The largest absolute Gasteiger partial charge is 0.507 e. The maximum atomic E-state index is 12.7. The third-order valence-corrected chi connectivity index (χ3v) is 8.09. The van der Waals surface area contributed by atoms with Crippen LogP contribution in [0.15, 0.2) is 45.6 Å². The van der Waals surface area contributed by atoms with Crippen LogP contribution in [0.2, 0.25) is 0 Å². The number of hydrogen-bond donors (Lipinski definition) is 1. The van der Waals surface area contributed by atoms with Gasteiger partial charge in [0.2, 0.25) is 0 Å². The van der Waals surface area contributed by atoms with Crippen molar-refractivity contribution in [1.82, 2.24) is 0 Å². The zero-order chi connectivity index (χ0) is 19.3. The highest BCUT2D eigenvalue weighted by Gasteiger charge is 2.30. The first kappa shape index (κ1) is 19.6. The average Bonchev–Trinajstić information content (AvgIpc) is 3.26. The lowest BCUT2D eigenvalue weighted by molar-refractivity contribution is 0.430. The van der Waals surface area contributed by atoms with Crippen LogP contribution >= 0.6 is 11.8 Å². The van der Waals surface area contributed by atoms with Crippen LogP contribution in [0.1, 0.15) is 63.4 Å². The molecular weight excluding hydrogens is 368 g/mol. The van der Waals surface area contributed by atoms with Gasteiger partial charge in [-0.15, -0.1) is 0 Å². The van der Waals surface area contributed by atoms with Gasteiger partial charge in [0, 0.05) is 22.1 Å². The summed E-state index contributed by atoms with van der Waals surface area (Å²) in [5, 5.41) is 11.8. The van der Waals surface area contributed by atoms with Crippen LogP contribution in [0.4, 0.5) is 0 Å². The minimum Gasteiger partial charge on any atom is -0.507 e. The van der Waals surface area contributed by atoms with Crippen molar-refractivity contribution >= 4 is 11.8 Å². The third kappa shape index (κ3) is 4.65. The Bertz CT molecular complexity index is 817. The maximum Gasteiger partial charge on any atom is 0.343 e. The highest BCUT2D eigenvalue weighted by atomic mass is 32.2.